The zero-order valence-corrected chi connectivity index (χ0v) is 22.4. The van der Waals surface area contributed by atoms with Crippen LogP contribution in [0.2, 0.25) is 0 Å². The smallest absolute Gasteiger partial charge is 0.328 e. The number of carbonyl (C=O) groups is 1. The average Bonchev–Trinajstić information content (AvgIpc) is 3.47. The van der Waals surface area contributed by atoms with Gasteiger partial charge in [0, 0.05) is 22.6 Å². The van der Waals surface area contributed by atoms with E-state index in [2.05, 4.69) is 31.0 Å². The fraction of sp³-hybridized carbons (Fsp3) is 0.500. The Morgan fingerprint density at radius 3 is 2.71 bits per heavy atom. The Labute approximate surface area is 224 Å². The van der Waals surface area contributed by atoms with Crippen LogP contribution in [0.4, 0.5) is 0 Å². The molecule has 3 fully saturated rings. The number of ether oxygens (including phenoxy) is 1. The number of hydrogen-bond acceptors (Lipinski definition) is 5. The number of allylic oxidation sites excluding steroid dienone is 1. The summed E-state index contributed by atoms with van der Waals surface area (Å²) in [7, 11) is 1.55. The van der Waals surface area contributed by atoms with E-state index in [1.165, 1.54) is 18.1 Å². The second-order valence-corrected chi connectivity index (χ2v) is 11.8. The van der Waals surface area contributed by atoms with Gasteiger partial charge in [0.1, 0.15) is 11.4 Å². The van der Waals surface area contributed by atoms with E-state index in [9.17, 15) is 9.90 Å². The number of methoxy groups -OCH3 is 1. The van der Waals surface area contributed by atoms with E-state index < -0.39 is 11.6 Å². The minimum absolute atomic E-state index is 0.114. The zero-order valence-electron chi connectivity index (χ0n) is 22.4. The summed E-state index contributed by atoms with van der Waals surface area (Å²) in [4.78, 5) is 10.2. The summed E-state index contributed by atoms with van der Waals surface area (Å²) in [5.41, 5.74) is 2.75. The van der Waals surface area contributed by atoms with Crippen molar-refractivity contribution in [3.05, 3.63) is 59.0 Å². The summed E-state index contributed by atoms with van der Waals surface area (Å²) in [5, 5.41) is 23.5. The van der Waals surface area contributed by atoms with Gasteiger partial charge in [-0.1, -0.05) is 48.7 Å². The molecule has 3 saturated carbocycles. The van der Waals surface area contributed by atoms with Crippen LogP contribution in [-0.2, 0) is 11.2 Å². The van der Waals surface area contributed by atoms with E-state index in [-0.39, 0.29) is 10.8 Å². The largest absolute Gasteiger partial charge is 0.496 e. The molecule has 38 heavy (non-hydrogen) atoms. The van der Waals surface area contributed by atoms with Crippen molar-refractivity contribution < 1.29 is 24.3 Å². The minimum Gasteiger partial charge on any atom is -0.496 e. The number of benzene rings is 1. The van der Waals surface area contributed by atoms with Crippen LogP contribution in [0.15, 0.2) is 46.6 Å². The summed E-state index contributed by atoms with van der Waals surface area (Å²) in [6.45, 7) is 4.71. The first kappa shape index (κ1) is 26.3. The molecule has 1 heterocycles. The van der Waals surface area contributed by atoms with Crippen molar-refractivity contribution in [2.75, 3.05) is 7.11 Å². The number of nitrogens with zero attached hydrogens (tertiary/aromatic N) is 1. The van der Waals surface area contributed by atoms with Crippen molar-refractivity contribution in [2.45, 2.75) is 64.4 Å². The number of aliphatic carboxylic acids is 1. The summed E-state index contributed by atoms with van der Waals surface area (Å²) >= 11 is 0. The second-order valence-electron chi connectivity index (χ2n) is 11.8. The zero-order chi connectivity index (χ0) is 27.1. The van der Waals surface area contributed by atoms with Crippen molar-refractivity contribution in [2.24, 2.45) is 28.6 Å². The lowest BCUT2D eigenvalue weighted by Crippen LogP contribution is -2.54. The third-order valence-electron chi connectivity index (χ3n) is 10.2. The van der Waals surface area contributed by atoms with Gasteiger partial charge in [-0.05, 0) is 86.3 Å². The molecule has 4 aliphatic carbocycles. The Kier molecular flexibility index (Phi) is 6.77. The highest BCUT2D eigenvalue weighted by molar-refractivity contribution is 5.85. The lowest BCUT2D eigenvalue weighted by Gasteiger charge is -2.58. The molecular formula is C32H37NO5. The van der Waals surface area contributed by atoms with E-state index in [0.29, 0.717) is 23.5 Å². The van der Waals surface area contributed by atoms with Gasteiger partial charge in [0.05, 0.1) is 13.3 Å². The van der Waals surface area contributed by atoms with Crippen LogP contribution >= 0.6 is 0 Å². The van der Waals surface area contributed by atoms with Crippen LogP contribution in [0.5, 0.6) is 5.75 Å². The SMILES string of the molecule is C#CC1(O)CCC2C3CCC4=Cc5oncc5CC4(C)C3CCC21C.COc1ccccc1C=CC(=O)O. The van der Waals surface area contributed by atoms with Crippen molar-refractivity contribution in [3.8, 4) is 18.1 Å². The molecule has 6 heteroatoms. The molecule has 0 bridgehead atoms. The molecule has 6 rings (SSSR count). The van der Waals surface area contributed by atoms with Crippen LogP contribution in [0.1, 0.15) is 69.3 Å². The van der Waals surface area contributed by atoms with E-state index in [1.54, 1.807) is 24.8 Å². The standard InChI is InChI=1S/C22H27NO2.C10H10O3/c1-4-22(24)10-8-18-16-6-5-15-11-19-14(13-23-25-19)12-20(15,2)17(16)7-9-21(18,22)3;1-13-9-5-3-2-4-8(9)6-7-10(11)12/h1,11,13,16-18,24H,5-10,12H2,2-3H3;2-7H,1H3,(H,11,12). The molecule has 2 N–H and O–H groups in total. The molecule has 0 aliphatic heterocycles. The summed E-state index contributed by atoms with van der Waals surface area (Å²) < 4.78 is 10.5. The molecule has 200 valence electrons. The molecule has 1 aromatic carbocycles. The molecule has 4 aliphatic rings. The number of carboxylic acids is 1. The number of hydrogen-bond donors (Lipinski definition) is 2. The highest BCUT2D eigenvalue weighted by Crippen LogP contribution is 2.67. The number of carboxylic acid groups (broad SMARTS) is 1. The topological polar surface area (TPSA) is 92.8 Å². The molecule has 0 radical (unpaired) electrons. The molecule has 6 unspecified atom stereocenters. The third kappa shape index (κ3) is 4.18. The number of rotatable bonds is 3. The predicted octanol–water partition coefficient (Wildman–Crippen LogP) is 6.01. The summed E-state index contributed by atoms with van der Waals surface area (Å²) in [5.74, 6) is 5.34. The van der Waals surface area contributed by atoms with Crippen LogP contribution in [0.3, 0.4) is 0 Å². The highest BCUT2D eigenvalue weighted by Gasteiger charge is 2.63. The molecule has 6 atom stereocenters. The van der Waals surface area contributed by atoms with Gasteiger partial charge in [-0.2, -0.15) is 0 Å². The normalized spacial score (nSPS) is 34.9. The quantitative estimate of drug-likeness (QED) is 0.384. The second kappa shape index (κ2) is 9.78. The minimum atomic E-state index is -0.967. The molecular weight excluding hydrogens is 478 g/mol. The number of para-hydroxylation sites is 1. The van der Waals surface area contributed by atoms with Gasteiger partial charge in [-0.15, -0.1) is 6.42 Å². The van der Waals surface area contributed by atoms with E-state index in [1.807, 2.05) is 18.3 Å². The molecule has 0 saturated heterocycles. The molecule has 0 amide bonds. The van der Waals surface area contributed by atoms with Crippen molar-refractivity contribution >= 4 is 18.1 Å². The van der Waals surface area contributed by atoms with Crippen LogP contribution in [0.25, 0.3) is 12.2 Å². The average molecular weight is 516 g/mol. The summed E-state index contributed by atoms with van der Waals surface area (Å²) in [6.07, 6.45) is 20.0. The number of aromatic nitrogens is 1. The van der Waals surface area contributed by atoms with E-state index in [0.717, 1.165) is 55.9 Å². The van der Waals surface area contributed by atoms with Gasteiger partial charge in [0.2, 0.25) is 0 Å². The van der Waals surface area contributed by atoms with Gasteiger partial charge >= 0.3 is 5.97 Å². The Hall–Kier alpha value is -3.30. The third-order valence-corrected chi connectivity index (χ3v) is 10.2. The van der Waals surface area contributed by atoms with E-state index in [4.69, 9.17) is 20.8 Å². The first-order chi connectivity index (χ1) is 18.1. The Morgan fingerprint density at radius 2 is 1.97 bits per heavy atom. The number of fused-ring (bicyclic) bond motifs is 6. The summed E-state index contributed by atoms with van der Waals surface area (Å²) in [6, 6.07) is 7.22. The van der Waals surface area contributed by atoms with Gasteiger partial charge in [0.25, 0.3) is 0 Å². The van der Waals surface area contributed by atoms with Crippen molar-refractivity contribution in [1.29, 1.82) is 0 Å². The number of aliphatic hydroxyl groups is 1. The Morgan fingerprint density at radius 1 is 1.21 bits per heavy atom. The predicted molar refractivity (Wildman–Crippen MR) is 146 cm³/mol. The van der Waals surface area contributed by atoms with Gasteiger partial charge in [-0.3, -0.25) is 0 Å². The fourth-order valence-corrected chi connectivity index (χ4v) is 8.10. The lowest BCUT2D eigenvalue weighted by molar-refractivity contribution is -0.131. The van der Waals surface area contributed by atoms with Crippen LogP contribution < -0.4 is 4.74 Å². The molecule has 1 aromatic heterocycles. The molecule has 2 aromatic rings. The maximum Gasteiger partial charge on any atom is 0.328 e. The maximum absolute atomic E-state index is 11.1. The van der Waals surface area contributed by atoms with Gasteiger partial charge in [0.15, 0.2) is 5.76 Å². The van der Waals surface area contributed by atoms with Crippen molar-refractivity contribution in [3.63, 3.8) is 0 Å². The molecule has 6 nitrogen and oxygen atoms in total. The van der Waals surface area contributed by atoms with Crippen molar-refractivity contribution in [1.82, 2.24) is 5.16 Å². The Balaban J connectivity index is 0.000000193. The number of terminal acetylenes is 1. The monoisotopic (exact) mass is 515 g/mol. The van der Waals surface area contributed by atoms with E-state index >= 15 is 0 Å². The van der Waals surface area contributed by atoms with Crippen LogP contribution in [0, 0.1) is 40.9 Å². The van der Waals surface area contributed by atoms with Gasteiger partial charge in [-0.25, -0.2) is 4.79 Å². The fourth-order valence-electron chi connectivity index (χ4n) is 8.10. The Bertz CT molecular complexity index is 1320. The highest BCUT2D eigenvalue weighted by atomic mass is 16.5. The van der Waals surface area contributed by atoms with Crippen LogP contribution in [-0.4, -0.2) is 34.0 Å². The maximum atomic E-state index is 11.1. The molecule has 0 spiro atoms. The lowest BCUT2D eigenvalue weighted by atomic mass is 9.46. The van der Waals surface area contributed by atoms with Gasteiger partial charge < -0.3 is 19.5 Å². The first-order valence-electron chi connectivity index (χ1n) is 13.5. The first-order valence-corrected chi connectivity index (χ1v) is 13.5.